The molecule has 3 aromatic carbocycles. The third kappa shape index (κ3) is 4.71. The molecule has 0 aliphatic carbocycles. The van der Waals surface area contributed by atoms with Crippen molar-refractivity contribution in [2.75, 3.05) is 17.1 Å². The molecule has 0 unspecified atom stereocenters. The van der Waals surface area contributed by atoms with Crippen molar-refractivity contribution >= 4 is 43.2 Å². The van der Waals surface area contributed by atoms with Crippen LogP contribution in [0.4, 0.5) is 11.4 Å². The molecule has 0 bridgehead atoms. The number of halogens is 1. The highest BCUT2D eigenvalue weighted by molar-refractivity contribution is 9.10. The highest BCUT2D eigenvalue weighted by Gasteiger charge is 2.16. The lowest BCUT2D eigenvalue weighted by atomic mass is 10.2. The van der Waals surface area contributed by atoms with E-state index >= 15 is 0 Å². The summed E-state index contributed by atoms with van der Waals surface area (Å²) in [4.78, 5) is 12.3. The molecule has 2 N–H and O–H groups in total. The minimum absolute atomic E-state index is 0.0823. The van der Waals surface area contributed by atoms with Gasteiger partial charge < -0.3 is 10.1 Å². The van der Waals surface area contributed by atoms with Crippen molar-refractivity contribution in [1.82, 2.24) is 0 Å². The highest BCUT2D eigenvalue weighted by atomic mass is 79.9. The number of hydrogen-bond acceptors (Lipinski definition) is 4. The molecule has 0 spiro atoms. The Morgan fingerprint density at radius 2 is 1.64 bits per heavy atom. The van der Waals surface area contributed by atoms with E-state index in [0.717, 1.165) is 0 Å². The summed E-state index contributed by atoms with van der Waals surface area (Å²) < 4.78 is 33.5. The van der Waals surface area contributed by atoms with Crippen LogP contribution in [0.1, 0.15) is 10.4 Å². The number of ether oxygens (including phenoxy) is 1. The summed E-state index contributed by atoms with van der Waals surface area (Å²) in [6.07, 6.45) is 0. The predicted molar refractivity (Wildman–Crippen MR) is 112 cm³/mol. The Morgan fingerprint density at radius 3 is 2.32 bits per heavy atom. The van der Waals surface area contributed by atoms with Crippen molar-refractivity contribution in [3.63, 3.8) is 0 Å². The number of carbonyl (C=O) groups is 1. The number of methoxy groups -OCH3 is 1. The van der Waals surface area contributed by atoms with Crippen molar-refractivity contribution in [3.05, 3.63) is 82.8 Å². The summed E-state index contributed by atoms with van der Waals surface area (Å²) in [5.41, 5.74) is 1.32. The summed E-state index contributed by atoms with van der Waals surface area (Å²) in [5, 5.41) is 2.75. The molecule has 0 aliphatic heterocycles. The van der Waals surface area contributed by atoms with Crippen molar-refractivity contribution < 1.29 is 17.9 Å². The normalized spacial score (nSPS) is 10.9. The first-order chi connectivity index (χ1) is 13.4. The van der Waals surface area contributed by atoms with Gasteiger partial charge in [0.1, 0.15) is 5.75 Å². The average Bonchev–Trinajstić information content (AvgIpc) is 2.68. The van der Waals surface area contributed by atoms with Gasteiger partial charge in [0.2, 0.25) is 0 Å². The first-order valence-electron chi connectivity index (χ1n) is 8.22. The summed E-state index contributed by atoms with van der Waals surface area (Å²) >= 11 is 3.28. The van der Waals surface area contributed by atoms with E-state index in [1.54, 1.807) is 54.6 Å². The molecule has 144 valence electrons. The Hall–Kier alpha value is -2.84. The molecule has 0 atom stereocenters. The second-order valence-corrected chi connectivity index (χ2v) is 8.34. The number of nitrogens with one attached hydrogen (secondary N) is 2. The van der Waals surface area contributed by atoms with Crippen molar-refractivity contribution in [2.24, 2.45) is 0 Å². The highest BCUT2D eigenvalue weighted by Crippen LogP contribution is 2.28. The van der Waals surface area contributed by atoms with Crippen LogP contribution >= 0.6 is 15.9 Å². The van der Waals surface area contributed by atoms with Gasteiger partial charge in [0.25, 0.3) is 15.9 Å². The fourth-order valence-electron chi connectivity index (χ4n) is 2.48. The molecule has 0 saturated heterocycles. The number of sulfonamides is 1. The molecule has 0 radical (unpaired) electrons. The summed E-state index contributed by atoms with van der Waals surface area (Å²) in [7, 11) is -2.30. The van der Waals surface area contributed by atoms with Crippen molar-refractivity contribution in [2.45, 2.75) is 4.90 Å². The first kappa shape index (κ1) is 19.9. The van der Waals surface area contributed by atoms with Gasteiger partial charge in [-0.05, 0) is 64.5 Å². The van der Waals surface area contributed by atoms with Gasteiger partial charge >= 0.3 is 0 Å². The SMILES string of the molecule is COc1ccc(S(=O)(=O)Nc2cccc(NC(=O)c3ccccc3)c2)cc1Br. The Bertz CT molecular complexity index is 1100. The number of benzene rings is 3. The standard InChI is InChI=1S/C20H17BrN2O4S/c1-27-19-11-10-17(13-18(19)21)28(25,26)23-16-9-5-8-15(12-16)22-20(24)14-6-3-2-4-7-14/h2-13,23H,1H3,(H,22,24). The quantitative estimate of drug-likeness (QED) is 0.566. The smallest absolute Gasteiger partial charge is 0.261 e. The van der Waals surface area contributed by atoms with Crippen LogP contribution in [-0.4, -0.2) is 21.4 Å². The molecule has 3 rings (SSSR count). The van der Waals surface area contributed by atoms with Crippen LogP contribution in [0.15, 0.2) is 82.2 Å². The molecule has 0 heterocycles. The molecule has 8 heteroatoms. The van der Waals surface area contributed by atoms with Gasteiger partial charge in [0.05, 0.1) is 22.2 Å². The van der Waals surface area contributed by atoms with Crippen molar-refractivity contribution in [1.29, 1.82) is 0 Å². The van der Waals surface area contributed by atoms with Gasteiger partial charge in [-0.1, -0.05) is 24.3 Å². The maximum atomic E-state index is 12.6. The van der Waals surface area contributed by atoms with E-state index in [0.29, 0.717) is 27.2 Å². The van der Waals surface area contributed by atoms with Gasteiger partial charge in [-0.2, -0.15) is 0 Å². The third-order valence-corrected chi connectivity index (χ3v) is 5.84. The summed E-state index contributed by atoms with van der Waals surface area (Å²) in [5.74, 6) is 0.254. The molecular formula is C20H17BrN2O4S. The maximum Gasteiger partial charge on any atom is 0.261 e. The molecule has 3 aromatic rings. The fraction of sp³-hybridized carbons (Fsp3) is 0.0500. The van der Waals surface area contributed by atoms with E-state index in [-0.39, 0.29) is 10.8 Å². The fourth-order valence-corrected chi connectivity index (χ4v) is 4.25. The first-order valence-corrected chi connectivity index (χ1v) is 10.5. The Morgan fingerprint density at radius 1 is 0.929 bits per heavy atom. The van der Waals surface area contributed by atoms with Gasteiger partial charge in [-0.25, -0.2) is 8.42 Å². The molecule has 1 amide bonds. The predicted octanol–water partition coefficient (Wildman–Crippen LogP) is 4.51. The topological polar surface area (TPSA) is 84.5 Å². The second-order valence-electron chi connectivity index (χ2n) is 5.80. The Labute approximate surface area is 171 Å². The zero-order valence-electron chi connectivity index (χ0n) is 14.8. The maximum absolute atomic E-state index is 12.6. The minimum Gasteiger partial charge on any atom is -0.496 e. The van der Waals surface area contributed by atoms with E-state index < -0.39 is 10.0 Å². The van der Waals surface area contributed by atoms with Crippen molar-refractivity contribution in [3.8, 4) is 5.75 Å². The Kier molecular flexibility index (Phi) is 6.01. The zero-order chi connectivity index (χ0) is 20.1. The van der Waals surface area contributed by atoms with Crippen LogP contribution in [0.2, 0.25) is 0 Å². The molecular weight excluding hydrogens is 444 g/mol. The number of carbonyl (C=O) groups excluding carboxylic acids is 1. The van der Waals surface area contributed by atoms with Gasteiger partial charge in [0.15, 0.2) is 0 Å². The largest absolute Gasteiger partial charge is 0.496 e. The minimum atomic E-state index is -3.81. The van der Waals surface area contributed by atoms with Gasteiger partial charge in [0, 0.05) is 11.3 Å². The lowest BCUT2D eigenvalue weighted by Crippen LogP contribution is -2.14. The monoisotopic (exact) mass is 460 g/mol. The van der Waals surface area contributed by atoms with Gasteiger partial charge in [-0.15, -0.1) is 0 Å². The summed E-state index contributed by atoms with van der Waals surface area (Å²) in [6, 6.07) is 19.7. The van der Waals surface area contributed by atoms with E-state index in [2.05, 4.69) is 26.0 Å². The van der Waals surface area contributed by atoms with Crippen LogP contribution in [-0.2, 0) is 10.0 Å². The van der Waals surface area contributed by atoms with E-state index in [1.165, 1.54) is 19.2 Å². The molecule has 6 nitrogen and oxygen atoms in total. The number of anilines is 2. The zero-order valence-corrected chi connectivity index (χ0v) is 17.2. The van der Waals surface area contributed by atoms with Crippen LogP contribution in [0, 0.1) is 0 Å². The van der Waals surface area contributed by atoms with Crippen LogP contribution in [0.25, 0.3) is 0 Å². The molecule has 0 saturated carbocycles. The molecule has 0 fully saturated rings. The second kappa shape index (κ2) is 8.45. The molecule has 0 aliphatic rings. The third-order valence-electron chi connectivity index (χ3n) is 3.84. The van der Waals surface area contributed by atoms with E-state index in [1.807, 2.05) is 6.07 Å². The van der Waals surface area contributed by atoms with E-state index in [4.69, 9.17) is 4.74 Å². The van der Waals surface area contributed by atoms with Crippen LogP contribution in [0.3, 0.4) is 0 Å². The average molecular weight is 461 g/mol. The molecule has 28 heavy (non-hydrogen) atoms. The molecule has 0 aromatic heterocycles. The van der Waals surface area contributed by atoms with Crippen LogP contribution in [0.5, 0.6) is 5.75 Å². The number of hydrogen-bond donors (Lipinski definition) is 2. The van der Waals surface area contributed by atoms with Gasteiger partial charge in [-0.3, -0.25) is 9.52 Å². The number of amides is 1. The lowest BCUT2D eigenvalue weighted by Gasteiger charge is -2.11. The lowest BCUT2D eigenvalue weighted by molar-refractivity contribution is 0.102. The summed E-state index contributed by atoms with van der Waals surface area (Å²) in [6.45, 7) is 0. The van der Waals surface area contributed by atoms with Crippen LogP contribution < -0.4 is 14.8 Å². The van der Waals surface area contributed by atoms with E-state index in [9.17, 15) is 13.2 Å². The Balaban J connectivity index is 1.78. The number of rotatable bonds is 6.